The van der Waals surface area contributed by atoms with Crippen LogP contribution < -0.4 is 5.32 Å². The second kappa shape index (κ2) is 11.7. The molecule has 10 heteroatoms. The molecule has 1 saturated carbocycles. The van der Waals surface area contributed by atoms with Gasteiger partial charge in [0.1, 0.15) is 0 Å². The number of alkyl halides is 3. The lowest BCUT2D eigenvalue weighted by molar-refractivity contribution is -0.192. The van der Waals surface area contributed by atoms with Gasteiger partial charge in [0.25, 0.3) is 10.1 Å². The molecule has 0 aromatic carbocycles. The maximum atomic E-state index is 10.7. The predicted molar refractivity (Wildman–Crippen MR) is 87.8 cm³/mol. The van der Waals surface area contributed by atoms with Crippen molar-refractivity contribution in [1.29, 1.82) is 0 Å². The summed E-state index contributed by atoms with van der Waals surface area (Å²) >= 11 is 0. The molecule has 0 amide bonds. The van der Waals surface area contributed by atoms with E-state index in [1.165, 1.54) is 38.5 Å². The lowest BCUT2D eigenvalue weighted by Crippen LogP contribution is -2.30. The van der Waals surface area contributed by atoms with E-state index in [0.29, 0.717) is 6.61 Å². The Bertz CT molecular complexity index is 474. The third-order valence-corrected chi connectivity index (χ3v) is 4.65. The molecule has 1 fully saturated rings. The van der Waals surface area contributed by atoms with E-state index in [-0.39, 0.29) is 0 Å². The summed E-state index contributed by atoms with van der Waals surface area (Å²) in [5.41, 5.74) is 0. The maximum absolute atomic E-state index is 10.7. The molecule has 0 atom stereocenters. The van der Waals surface area contributed by atoms with Crippen LogP contribution >= 0.6 is 0 Å². The molecule has 0 heterocycles. The first kappa shape index (κ1) is 24.1. The molecule has 25 heavy (non-hydrogen) atoms. The number of carboxylic acid groups (broad SMARTS) is 1. The zero-order valence-corrected chi connectivity index (χ0v) is 15.5. The fourth-order valence-electron chi connectivity index (χ4n) is 2.66. The van der Waals surface area contributed by atoms with Crippen molar-refractivity contribution in [2.45, 2.75) is 63.6 Å². The van der Waals surface area contributed by atoms with E-state index in [1.807, 2.05) is 7.05 Å². The molecule has 0 radical (unpaired) electrons. The molecule has 0 aliphatic heterocycles. The van der Waals surface area contributed by atoms with Crippen LogP contribution in [0.25, 0.3) is 0 Å². The van der Waals surface area contributed by atoms with Crippen LogP contribution in [0.3, 0.4) is 0 Å². The summed E-state index contributed by atoms with van der Waals surface area (Å²) in [5, 5.41) is 10.5. The molecular formula is C15H28F3NO5S. The van der Waals surface area contributed by atoms with Crippen molar-refractivity contribution in [1.82, 2.24) is 5.32 Å². The highest BCUT2D eigenvalue weighted by Crippen LogP contribution is 2.28. The lowest BCUT2D eigenvalue weighted by atomic mass is 9.83. The van der Waals surface area contributed by atoms with Crippen molar-refractivity contribution in [3.05, 3.63) is 0 Å². The number of hydrogen-bond donors (Lipinski definition) is 2. The Labute approximate surface area is 147 Å². The molecule has 150 valence electrons. The number of halogens is 3. The highest BCUT2D eigenvalue weighted by Gasteiger charge is 2.38. The SMILES string of the molecule is CNC1CCC(CCCCCOS(C)(=O)=O)CC1.O=C(O)C(F)(F)F. The van der Waals surface area contributed by atoms with E-state index >= 15 is 0 Å². The quantitative estimate of drug-likeness (QED) is 0.488. The summed E-state index contributed by atoms with van der Waals surface area (Å²) < 4.78 is 57.9. The van der Waals surface area contributed by atoms with Gasteiger partial charge >= 0.3 is 12.1 Å². The van der Waals surface area contributed by atoms with Gasteiger partial charge in [0, 0.05) is 6.04 Å². The zero-order valence-electron chi connectivity index (χ0n) is 14.6. The summed E-state index contributed by atoms with van der Waals surface area (Å²) in [6.45, 7) is 0.339. The predicted octanol–water partition coefficient (Wildman–Crippen LogP) is 2.93. The van der Waals surface area contributed by atoms with Gasteiger partial charge in [0.2, 0.25) is 0 Å². The second-order valence-electron chi connectivity index (χ2n) is 6.18. The number of unbranched alkanes of at least 4 members (excludes halogenated alkanes) is 2. The van der Waals surface area contributed by atoms with Gasteiger partial charge in [-0.1, -0.05) is 19.3 Å². The van der Waals surface area contributed by atoms with Crippen LogP contribution in [0.5, 0.6) is 0 Å². The fourth-order valence-corrected chi connectivity index (χ4v) is 3.08. The van der Waals surface area contributed by atoms with Crippen molar-refractivity contribution in [3.8, 4) is 0 Å². The van der Waals surface area contributed by atoms with E-state index < -0.39 is 22.3 Å². The van der Waals surface area contributed by atoms with Crippen molar-refractivity contribution in [3.63, 3.8) is 0 Å². The number of aliphatic carboxylic acids is 1. The summed E-state index contributed by atoms with van der Waals surface area (Å²) in [4.78, 5) is 8.90. The summed E-state index contributed by atoms with van der Waals surface area (Å²) in [6, 6.07) is 0.726. The molecule has 1 rings (SSSR count). The molecule has 1 aliphatic carbocycles. The Balaban J connectivity index is 0.000000697. The summed E-state index contributed by atoms with van der Waals surface area (Å²) in [6.07, 6.45) is 5.71. The molecule has 6 nitrogen and oxygen atoms in total. The Kier molecular flexibility index (Phi) is 11.3. The first-order chi connectivity index (χ1) is 11.5. The molecule has 0 aromatic heterocycles. The molecule has 0 unspecified atom stereocenters. The molecule has 0 spiro atoms. The van der Waals surface area contributed by atoms with Gasteiger partial charge in [-0.2, -0.15) is 21.6 Å². The highest BCUT2D eigenvalue weighted by molar-refractivity contribution is 7.85. The van der Waals surface area contributed by atoms with E-state index in [4.69, 9.17) is 14.1 Å². The number of carboxylic acids is 1. The van der Waals surface area contributed by atoms with E-state index in [9.17, 15) is 21.6 Å². The van der Waals surface area contributed by atoms with Crippen molar-refractivity contribution in [2.75, 3.05) is 19.9 Å². The van der Waals surface area contributed by atoms with E-state index in [1.54, 1.807) is 0 Å². The minimum absolute atomic E-state index is 0.339. The summed E-state index contributed by atoms with van der Waals surface area (Å²) in [5.74, 6) is -1.88. The number of nitrogens with one attached hydrogen (secondary N) is 1. The van der Waals surface area contributed by atoms with E-state index in [2.05, 4.69) is 5.32 Å². The second-order valence-corrected chi connectivity index (χ2v) is 7.83. The number of carbonyl (C=O) groups is 1. The van der Waals surface area contributed by atoms with Crippen LogP contribution in [0.4, 0.5) is 13.2 Å². The molecular weight excluding hydrogens is 363 g/mol. The van der Waals surface area contributed by atoms with Gasteiger partial charge < -0.3 is 10.4 Å². The van der Waals surface area contributed by atoms with Gasteiger partial charge in [-0.15, -0.1) is 0 Å². The third-order valence-electron chi connectivity index (χ3n) is 4.05. The van der Waals surface area contributed by atoms with Gasteiger partial charge in [0.05, 0.1) is 12.9 Å². The van der Waals surface area contributed by atoms with Crippen LogP contribution in [-0.4, -0.2) is 51.6 Å². The maximum Gasteiger partial charge on any atom is 0.490 e. The van der Waals surface area contributed by atoms with Gasteiger partial charge in [0.15, 0.2) is 0 Å². The molecule has 2 N–H and O–H groups in total. The minimum atomic E-state index is -5.08. The van der Waals surface area contributed by atoms with Crippen molar-refractivity contribution in [2.24, 2.45) is 5.92 Å². The average molecular weight is 391 g/mol. The zero-order chi connectivity index (χ0) is 19.5. The summed E-state index contributed by atoms with van der Waals surface area (Å²) in [7, 11) is -1.20. The van der Waals surface area contributed by atoms with Gasteiger partial charge in [-0.25, -0.2) is 4.79 Å². The molecule has 0 bridgehead atoms. The van der Waals surface area contributed by atoms with Crippen molar-refractivity contribution < 1.29 is 35.7 Å². The van der Waals surface area contributed by atoms with Gasteiger partial charge in [-0.05, 0) is 45.1 Å². The number of hydrogen-bond acceptors (Lipinski definition) is 5. The van der Waals surface area contributed by atoms with E-state index in [0.717, 1.165) is 31.1 Å². The van der Waals surface area contributed by atoms with Crippen molar-refractivity contribution >= 4 is 16.1 Å². The highest BCUT2D eigenvalue weighted by atomic mass is 32.2. The largest absolute Gasteiger partial charge is 0.490 e. The van der Waals surface area contributed by atoms with Crippen LogP contribution in [-0.2, 0) is 19.1 Å². The third kappa shape index (κ3) is 14.0. The topological polar surface area (TPSA) is 92.7 Å². The molecule has 0 aromatic rings. The van der Waals surface area contributed by atoms with Crippen LogP contribution in [0.15, 0.2) is 0 Å². The standard InChI is InChI=1S/C13H27NO3S.C2HF3O2/c1-14-13-9-7-12(8-10-13)6-4-3-5-11-17-18(2,15)16;3-2(4,5)1(6)7/h12-14H,3-11H2,1-2H3;(H,6,7). The Morgan fingerprint density at radius 3 is 2.08 bits per heavy atom. The van der Waals surface area contributed by atoms with Crippen LogP contribution in [0.2, 0.25) is 0 Å². The Morgan fingerprint density at radius 2 is 1.68 bits per heavy atom. The minimum Gasteiger partial charge on any atom is -0.475 e. The number of rotatable bonds is 8. The Morgan fingerprint density at radius 1 is 1.16 bits per heavy atom. The smallest absolute Gasteiger partial charge is 0.475 e. The first-order valence-electron chi connectivity index (χ1n) is 8.27. The average Bonchev–Trinajstić information content (AvgIpc) is 2.50. The van der Waals surface area contributed by atoms with Gasteiger partial charge in [-0.3, -0.25) is 4.18 Å². The Hall–Kier alpha value is -0.870. The first-order valence-corrected chi connectivity index (χ1v) is 10.1. The fraction of sp³-hybridized carbons (Fsp3) is 0.933. The molecule has 1 aliphatic rings. The molecule has 0 saturated heterocycles. The van der Waals surface area contributed by atoms with Crippen LogP contribution in [0.1, 0.15) is 51.4 Å². The normalized spacial score (nSPS) is 21.3. The monoisotopic (exact) mass is 391 g/mol. The lowest BCUT2D eigenvalue weighted by Gasteiger charge is -2.28. The van der Waals surface area contributed by atoms with Crippen LogP contribution in [0, 0.1) is 5.92 Å².